The van der Waals surface area contributed by atoms with E-state index in [-0.39, 0.29) is 11.9 Å². The topological polar surface area (TPSA) is 55.1 Å². The molecular weight excluding hydrogens is 293 g/mol. The summed E-state index contributed by atoms with van der Waals surface area (Å²) in [6, 6.07) is 7.42. The standard InChI is InChI=1S/C17H18FN5/c1-10-7-16(23-17(21-10)19-9-20-23)22-11(2)13-5-6-14(12-3-4-12)15(18)8-13/h5-9,11-12,22H,3-4H2,1-2H3/t11-/m1/s1. The first-order valence-corrected chi connectivity index (χ1v) is 7.85. The number of benzene rings is 1. The average molecular weight is 311 g/mol. The van der Waals surface area contributed by atoms with Crippen LogP contribution in [0.3, 0.4) is 0 Å². The molecular formula is C17H18FN5. The van der Waals surface area contributed by atoms with Crippen molar-refractivity contribution in [2.75, 3.05) is 5.32 Å². The van der Waals surface area contributed by atoms with Crippen LogP contribution >= 0.6 is 0 Å². The first kappa shape index (κ1) is 14.1. The molecule has 0 saturated heterocycles. The predicted octanol–water partition coefficient (Wildman–Crippen LogP) is 3.62. The fraction of sp³-hybridized carbons (Fsp3) is 0.353. The van der Waals surface area contributed by atoms with Crippen LogP contribution in [0.5, 0.6) is 0 Å². The fourth-order valence-corrected chi connectivity index (χ4v) is 2.88. The zero-order valence-corrected chi connectivity index (χ0v) is 13.1. The lowest BCUT2D eigenvalue weighted by Gasteiger charge is -2.17. The molecule has 3 aromatic rings. The molecule has 1 aromatic carbocycles. The minimum Gasteiger partial charge on any atom is -0.363 e. The van der Waals surface area contributed by atoms with E-state index in [1.165, 1.54) is 6.33 Å². The number of halogens is 1. The number of nitrogens with zero attached hydrogens (tertiary/aromatic N) is 4. The molecule has 0 bridgehead atoms. The highest BCUT2D eigenvalue weighted by atomic mass is 19.1. The maximum atomic E-state index is 14.2. The van der Waals surface area contributed by atoms with E-state index in [1.54, 1.807) is 10.6 Å². The van der Waals surface area contributed by atoms with Crippen LogP contribution in [0.4, 0.5) is 10.2 Å². The van der Waals surface area contributed by atoms with E-state index in [9.17, 15) is 4.39 Å². The number of fused-ring (bicyclic) bond motifs is 1. The Morgan fingerprint density at radius 1 is 1.30 bits per heavy atom. The summed E-state index contributed by atoms with van der Waals surface area (Å²) in [5.74, 6) is 1.67. The maximum absolute atomic E-state index is 14.2. The van der Waals surface area contributed by atoms with Crippen molar-refractivity contribution in [3.05, 3.63) is 53.2 Å². The Hall–Kier alpha value is -2.50. The monoisotopic (exact) mass is 311 g/mol. The van der Waals surface area contributed by atoms with E-state index in [2.05, 4.69) is 20.4 Å². The highest BCUT2D eigenvalue weighted by Crippen LogP contribution is 2.41. The lowest BCUT2D eigenvalue weighted by Crippen LogP contribution is -2.12. The van der Waals surface area contributed by atoms with Crippen molar-refractivity contribution >= 4 is 11.6 Å². The lowest BCUT2D eigenvalue weighted by atomic mass is 10.0. The molecule has 1 atom stereocenters. The molecule has 0 spiro atoms. The quantitative estimate of drug-likeness (QED) is 0.799. The van der Waals surface area contributed by atoms with Gasteiger partial charge in [0.25, 0.3) is 5.78 Å². The largest absolute Gasteiger partial charge is 0.363 e. The molecule has 2 heterocycles. The molecule has 23 heavy (non-hydrogen) atoms. The third-order valence-corrected chi connectivity index (χ3v) is 4.29. The van der Waals surface area contributed by atoms with E-state index in [1.807, 2.05) is 32.0 Å². The number of hydrogen-bond donors (Lipinski definition) is 1. The first-order chi connectivity index (χ1) is 11.1. The van der Waals surface area contributed by atoms with Gasteiger partial charge in [0.1, 0.15) is 18.0 Å². The summed E-state index contributed by atoms with van der Waals surface area (Å²) in [5.41, 5.74) is 2.62. The summed E-state index contributed by atoms with van der Waals surface area (Å²) >= 11 is 0. The van der Waals surface area contributed by atoms with Crippen molar-refractivity contribution in [3.63, 3.8) is 0 Å². The van der Waals surface area contributed by atoms with Crippen LogP contribution in [0.2, 0.25) is 0 Å². The van der Waals surface area contributed by atoms with Gasteiger partial charge in [0.2, 0.25) is 0 Å². The van der Waals surface area contributed by atoms with Crippen LogP contribution in [0.1, 0.15) is 48.5 Å². The Morgan fingerprint density at radius 3 is 2.87 bits per heavy atom. The summed E-state index contributed by atoms with van der Waals surface area (Å²) < 4.78 is 15.9. The van der Waals surface area contributed by atoms with E-state index in [0.717, 1.165) is 35.5 Å². The second-order valence-corrected chi connectivity index (χ2v) is 6.18. The number of rotatable bonds is 4. The van der Waals surface area contributed by atoms with Crippen LogP contribution in [0.25, 0.3) is 5.78 Å². The van der Waals surface area contributed by atoms with Gasteiger partial charge in [-0.25, -0.2) is 9.37 Å². The van der Waals surface area contributed by atoms with Gasteiger partial charge < -0.3 is 5.32 Å². The number of hydrogen-bond acceptors (Lipinski definition) is 4. The van der Waals surface area contributed by atoms with Crippen LogP contribution in [-0.2, 0) is 0 Å². The molecule has 0 radical (unpaired) electrons. The third-order valence-electron chi connectivity index (χ3n) is 4.29. The summed E-state index contributed by atoms with van der Waals surface area (Å²) in [5, 5.41) is 7.55. The van der Waals surface area contributed by atoms with Crippen molar-refractivity contribution in [1.82, 2.24) is 19.6 Å². The lowest BCUT2D eigenvalue weighted by molar-refractivity contribution is 0.606. The summed E-state index contributed by atoms with van der Waals surface area (Å²) in [6.07, 6.45) is 3.68. The average Bonchev–Trinajstić information content (AvgIpc) is 3.24. The molecule has 118 valence electrons. The molecule has 1 aliphatic rings. The van der Waals surface area contributed by atoms with Gasteiger partial charge in [-0.2, -0.15) is 14.6 Å². The highest BCUT2D eigenvalue weighted by molar-refractivity contribution is 5.46. The van der Waals surface area contributed by atoms with Crippen LogP contribution in [-0.4, -0.2) is 19.6 Å². The molecule has 1 N–H and O–H groups in total. The predicted molar refractivity (Wildman–Crippen MR) is 85.9 cm³/mol. The number of nitrogens with one attached hydrogen (secondary N) is 1. The van der Waals surface area contributed by atoms with Crippen molar-refractivity contribution < 1.29 is 4.39 Å². The molecule has 2 aromatic heterocycles. The Morgan fingerprint density at radius 2 is 2.13 bits per heavy atom. The van der Waals surface area contributed by atoms with Gasteiger partial charge in [-0.05, 0) is 49.8 Å². The minimum atomic E-state index is -0.101. The van der Waals surface area contributed by atoms with Gasteiger partial charge in [-0.3, -0.25) is 0 Å². The van der Waals surface area contributed by atoms with E-state index < -0.39 is 0 Å². The van der Waals surface area contributed by atoms with E-state index >= 15 is 0 Å². The normalized spacial score (nSPS) is 15.8. The molecule has 4 rings (SSSR count). The summed E-state index contributed by atoms with van der Waals surface area (Å²) in [4.78, 5) is 8.43. The maximum Gasteiger partial charge on any atom is 0.254 e. The number of anilines is 1. The molecule has 1 aliphatic carbocycles. The van der Waals surface area contributed by atoms with Gasteiger partial charge in [0.05, 0.1) is 6.04 Å². The molecule has 0 amide bonds. The second kappa shape index (κ2) is 5.30. The van der Waals surface area contributed by atoms with Crippen molar-refractivity contribution in [1.29, 1.82) is 0 Å². The molecule has 6 heteroatoms. The zero-order chi connectivity index (χ0) is 16.0. The van der Waals surface area contributed by atoms with Crippen LogP contribution < -0.4 is 5.32 Å². The fourth-order valence-electron chi connectivity index (χ4n) is 2.88. The third kappa shape index (κ3) is 2.65. The number of aryl methyl sites for hydroxylation is 1. The molecule has 1 fully saturated rings. The molecule has 1 saturated carbocycles. The van der Waals surface area contributed by atoms with Crippen LogP contribution in [0, 0.1) is 12.7 Å². The zero-order valence-electron chi connectivity index (χ0n) is 13.1. The smallest absolute Gasteiger partial charge is 0.254 e. The van der Waals surface area contributed by atoms with Gasteiger partial charge >= 0.3 is 0 Å². The molecule has 0 unspecified atom stereocenters. The first-order valence-electron chi connectivity index (χ1n) is 7.85. The van der Waals surface area contributed by atoms with Crippen LogP contribution in [0.15, 0.2) is 30.6 Å². The van der Waals surface area contributed by atoms with Gasteiger partial charge in [0.15, 0.2) is 0 Å². The van der Waals surface area contributed by atoms with Crippen molar-refractivity contribution in [2.24, 2.45) is 0 Å². The van der Waals surface area contributed by atoms with Gasteiger partial charge in [0, 0.05) is 11.8 Å². The van der Waals surface area contributed by atoms with Gasteiger partial charge in [-0.15, -0.1) is 0 Å². The SMILES string of the molecule is Cc1cc(N[C@H](C)c2ccc(C3CC3)c(F)c2)n2ncnc2n1. The summed E-state index contributed by atoms with van der Waals surface area (Å²) in [6.45, 7) is 3.92. The molecule has 0 aliphatic heterocycles. The molecule has 5 nitrogen and oxygen atoms in total. The Labute approximate surface area is 133 Å². The second-order valence-electron chi connectivity index (χ2n) is 6.18. The summed E-state index contributed by atoms with van der Waals surface area (Å²) in [7, 11) is 0. The minimum absolute atomic E-state index is 0.0491. The Bertz CT molecular complexity index is 869. The van der Waals surface area contributed by atoms with E-state index in [4.69, 9.17) is 0 Å². The van der Waals surface area contributed by atoms with Crippen molar-refractivity contribution in [3.8, 4) is 0 Å². The van der Waals surface area contributed by atoms with Crippen molar-refractivity contribution in [2.45, 2.75) is 38.6 Å². The van der Waals surface area contributed by atoms with Gasteiger partial charge in [-0.1, -0.05) is 12.1 Å². The number of aromatic nitrogens is 4. The van der Waals surface area contributed by atoms with E-state index in [0.29, 0.717) is 11.7 Å². The Kier molecular flexibility index (Phi) is 3.25. The Balaban J connectivity index is 1.62. The highest BCUT2D eigenvalue weighted by Gasteiger charge is 2.26.